The second-order valence-corrected chi connectivity index (χ2v) is 7.30. The van der Waals surface area contributed by atoms with E-state index in [2.05, 4.69) is 0 Å². The van der Waals surface area contributed by atoms with Gasteiger partial charge < -0.3 is 14.7 Å². The highest BCUT2D eigenvalue weighted by Gasteiger charge is 2.46. The van der Waals surface area contributed by atoms with Crippen LogP contribution in [-0.4, -0.2) is 42.0 Å². The van der Waals surface area contributed by atoms with Crippen molar-refractivity contribution in [3.05, 3.63) is 62.9 Å². The van der Waals surface area contributed by atoms with Crippen LogP contribution < -0.4 is 0 Å². The Kier molecular flexibility index (Phi) is 5.25. The zero-order valence-electron chi connectivity index (χ0n) is 15.0. The van der Waals surface area contributed by atoms with Crippen LogP contribution in [-0.2, 0) is 14.3 Å². The average Bonchev–Trinajstić information content (AvgIpc) is 3.23. The molecule has 0 saturated carbocycles. The van der Waals surface area contributed by atoms with Crippen molar-refractivity contribution in [3.8, 4) is 0 Å². The molecule has 0 bridgehead atoms. The number of carbonyl (C=O) groups excluding carboxylic acids is 2. The maximum absolute atomic E-state index is 12.8. The number of aryl methyl sites for hydroxylation is 2. The van der Waals surface area contributed by atoms with E-state index in [0.29, 0.717) is 12.2 Å². The third-order valence-electron chi connectivity index (χ3n) is 4.54. The molecule has 2 aromatic rings. The summed E-state index contributed by atoms with van der Waals surface area (Å²) in [5, 5.41) is 12.9. The second kappa shape index (κ2) is 7.43. The van der Waals surface area contributed by atoms with Gasteiger partial charge in [0.1, 0.15) is 5.76 Å². The van der Waals surface area contributed by atoms with E-state index in [1.165, 1.54) is 16.2 Å². The van der Waals surface area contributed by atoms with Gasteiger partial charge in [-0.15, -0.1) is 11.3 Å². The number of likely N-dealkylation sites (tertiary alicyclic amines) is 1. The van der Waals surface area contributed by atoms with Crippen LogP contribution in [0.25, 0.3) is 5.76 Å². The van der Waals surface area contributed by atoms with Crippen LogP contribution in [0.4, 0.5) is 0 Å². The van der Waals surface area contributed by atoms with Crippen LogP contribution >= 0.6 is 11.3 Å². The summed E-state index contributed by atoms with van der Waals surface area (Å²) in [6, 6.07) is 8.82. The van der Waals surface area contributed by atoms with Crippen LogP contribution in [0, 0.1) is 13.8 Å². The number of amides is 1. The Hall–Kier alpha value is -2.44. The molecule has 1 N–H and O–H groups in total. The zero-order valence-corrected chi connectivity index (χ0v) is 15.8. The molecule has 3 rings (SSSR count). The van der Waals surface area contributed by atoms with Gasteiger partial charge in [-0.25, -0.2) is 0 Å². The first kappa shape index (κ1) is 18.4. The third-order valence-corrected chi connectivity index (χ3v) is 5.46. The van der Waals surface area contributed by atoms with Gasteiger partial charge in [0, 0.05) is 24.1 Å². The Morgan fingerprint density at radius 3 is 2.69 bits per heavy atom. The number of rotatable bonds is 5. The van der Waals surface area contributed by atoms with E-state index < -0.39 is 17.7 Å². The van der Waals surface area contributed by atoms with Crippen molar-refractivity contribution < 1.29 is 19.4 Å². The summed E-state index contributed by atoms with van der Waals surface area (Å²) in [5.74, 6) is -1.38. The van der Waals surface area contributed by atoms with E-state index in [1.807, 2.05) is 49.6 Å². The summed E-state index contributed by atoms with van der Waals surface area (Å²) in [6.45, 7) is 4.39. The molecular formula is C20H21NO4S. The molecule has 0 spiro atoms. The highest BCUT2D eigenvalue weighted by molar-refractivity contribution is 7.10. The molecule has 5 nitrogen and oxygen atoms in total. The molecule has 1 amide bonds. The fourth-order valence-electron chi connectivity index (χ4n) is 3.18. The smallest absolute Gasteiger partial charge is 0.295 e. The van der Waals surface area contributed by atoms with Crippen molar-refractivity contribution in [3.63, 3.8) is 0 Å². The normalized spacial score (nSPS) is 19.3. The predicted molar refractivity (Wildman–Crippen MR) is 101 cm³/mol. The monoisotopic (exact) mass is 371 g/mol. The van der Waals surface area contributed by atoms with Gasteiger partial charge in [0.15, 0.2) is 0 Å². The Bertz CT molecular complexity index is 870. The highest BCUT2D eigenvalue weighted by atomic mass is 32.1. The number of hydrogen-bond donors (Lipinski definition) is 1. The highest BCUT2D eigenvalue weighted by Crippen LogP contribution is 2.41. The predicted octanol–water partition coefficient (Wildman–Crippen LogP) is 3.43. The van der Waals surface area contributed by atoms with Gasteiger partial charge in [-0.1, -0.05) is 23.8 Å². The van der Waals surface area contributed by atoms with Gasteiger partial charge >= 0.3 is 0 Å². The zero-order chi connectivity index (χ0) is 18.8. The van der Waals surface area contributed by atoms with Gasteiger partial charge in [0.25, 0.3) is 11.7 Å². The number of hydrogen-bond acceptors (Lipinski definition) is 5. The molecule has 1 saturated heterocycles. The van der Waals surface area contributed by atoms with E-state index in [9.17, 15) is 14.7 Å². The van der Waals surface area contributed by atoms with Gasteiger partial charge in [-0.05, 0) is 36.9 Å². The van der Waals surface area contributed by atoms with Gasteiger partial charge in [-0.3, -0.25) is 9.59 Å². The minimum Gasteiger partial charge on any atom is -0.507 e. The molecule has 1 aromatic heterocycles. The van der Waals surface area contributed by atoms with Gasteiger partial charge in [-0.2, -0.15) is 0 Å². The lowest BCUT2D eigenvalue weighted by Gasteiger charge is -2.23. The summed E-state index contributed by atoms with van der Waals surface area (Å²) in [5.41, 5.74) is 2.54. The number of benzene rings is 1. The van der Waals surface area contributed by atoms with Crippen molar-refractivity contribution in [2.45, 2.75) is 19.9 Å². The first-order valence-corrected chi connectivity index (χ1v) is 9.22. The van der Waals surface area contributed by atoms with E-state index in [4.69, 9.17) is 4.74 Å². The van der Waals surface area contributed by atoms with Crippen molar-refractivity contribution in [2.75, 3.05) is 20.3 Å². The summed E-state index contributed by atoms with van der Waals surface area (Å²) < 4.78 is 5.09. The molecule has 6 heteroatoms. The molecule has 1 fully saturated rings. The lowest BCUT2D eigenvalue weighted by Crippen LogP contribution is -2.32. The summed E-state index contributed by atoms with van der Waals surface area (Å²) in [7, 11) is 1.55. The number of ether oxygens (including phenoxy) is 1. The summed E-state index contributed by atoms with van der Waals surface area (Å²) in [4.78, 5) is 27.7. The SMILES string of the molecule is COCCN1C(=O)C(=O)C(=C(O)c2cc(C)ccc2C)C1c1cccs1. The number of aliphatic hydroxyl groups is 1. The van der Waals surface area contributed by atoms with Crippen LogP contribution in [0.15, 0.2) is 41.3 Å². The third kappa shape index (κ3) is 3.18. The fourth-order valence-corrected chi connectivity index (χ4v) is 4.02. The number of Topliss-reactive ketones (excluding diaryl/α,β-unsaturated/α-hetero) is 1. The van der Waals surface area contributed by atoms with Crippen LogP contribution in [0.1, 0.15) is 27.6 Å². The molecule has 0 radical (unpaired) electrons. The largest absolute Gasteiger partial charge is 0.507 e. The number of nitrogens with zero attached hydrogens (tertiary/aromatic N) is 1. The molecule has 1 aromatic carbocycles. The van der Waals surface area contributed by atoms with E-state index in [1.54, 1.807) is 7.11 Å². The standard InChI is InChI=1S/C20H21NO4S/c1-12-6-7-13(2)14(11-12)18(22)16-17(15-5-4-10-26-15)21(8-9-25-3)20(24)19(16)23/h4-7,10-11,17,22H,8-9H2,1-3H3. The van der Waals surface area contributed by atoms with Crippen LogP contribution in [0.3, 0.4) is 0 Å². The molecular weight excluding hydrogens is 350 g/mol. The minimum atomic E-state index is -0.655. The first-order valence-electron chi connectivity index (χ1n) is 8.34. The van der Waals surface area contributed by atoms with Crippen molar-refractivity contribution in [2.24, 2.45) is 0 Å². The maximum atomic E-state index is 12.8. The Morgan fingerprint density at radius 1 is 1.27 bits per heavy atom. The first-order chi connectivity index (χ1) is 12.5. The molecule has 1 atom stereocenters. The number of thiophene rings is 1. The van der Waals surface area contributed by atoms with E-state index in [-0.39, 0.29) is 17.9 Å². The summed E-state index contributed by atoms with van der Waals surface area (Å²) >= 11 is 1.45. The van der Waals surface area contributed by atoms with Crippen LogP contribution in [0.5, 0.6) is 0 Å². The number of aliphatic hydroxyl groups excluding tert-OH is 1. The molecule has 1 aliphatic heterocycles. The number of ketones is 1. The van der Waals surface area contributed by atoms with Crippen LogP contribution in [0.2, 0.25) is 0 Å². The minimum absolute atomic E-state index is 0.122. The Labute approximate surface area is 156 Å². The molecule has 2 heterocycles. The van der Waals surface area contributed by atoms with Gasteiger partial charge in [0.2, 0.25) is 0 Å². The average molecular weight is 371 g/mol. The quantitative estimate of drug-likeness (QED) is 0.497. The van der Waals surface area contributed by atoms with Crippen molar-refractivity contribution >= 4 is 28.8 Å². The molecule has 1 unspecified atom stereocenters. The van der Waals surface area contributed by atoms with Crippen molar-refractivity contribution in [1.82, 2.24) is 4.90 Å². The maximum Gasteiger partial charge on any atom is 0.295 e. The second-order valence-electron chi connectivity index (χ2n) is 6.32. The molecule has 0 aliphatic carbocycles. The molecule has 1 aliphatic rings. The van der Waals surface area contributed by atoms with E-state index in [0.717, 1.165) is 16.0 Å². The fraction of sp³-hybridized carbons (Fsp3) is 0.300. The lowest BCUT2D eigenvalue weighted by molar-refractivity contribution is -0.140. The van der Waals surface area contributed by atoms with Crippen molar-refractivity contribution in [1.29, 1.82) is 0 Å². The Balaban J connectivity index is 2.17. The summed E-state index contributed by atoms with van der Waals surface area (Å²) in [6.07, 6.45) is 0. The van der Waals surface area contributed by atoms with Gasteiger partial charge in [0.05, 0.1) is 18.2 Å². The lowest BCUT2D eigenvalue weighted by atomic mass is 9.96. The Morgan fingerprint density at radius 2 is 2.04 bits per heavy atom. The number of carbonyl (C=O) groups is 2. The molecule has 26 heavy (non-hydrogen) atoms. The number of methoxy groups -OCH3 is 1. The topological polar surface area (TPSA) is 66.8 Å². The van der Waals surface area contributed by atoms with E-state index >= 15 is 0 Å². The molecule has 136 valence electrons.